The molecule has 5 heteroatoms. The molecule has 17 heavy (non-hydrogen) atoms. The number of aryl methyl sites for hydroxylation is 1. The largest absolute Gasteiger partial charge is 0.244 e. The van der Waals surface area contributed by atoms with Crippen LogP contribution in [0.5, 0.6) is 0 Å². The Morgan fingerprint density at radius 3 is 2.94 bits per heavy atom. The summed E-state index contributed by atoms with van der Waals surface area (Å²) in [6, 6.07) is 2.92. The van der Waals surface area contributed by atoms with Crippen LogP contribution >= 0.6 is 15.9 Å². The Bertz CT molecular complexity index is 548. The zero-order valence-electron chi connectivity index (χ0n) is 9.37. The van der Waals surface area contributed by atoms with Gasteiger partial charge in [0.25, 0.3) is 0 Å². The first-order valence-corrected chi connectivity index (χ1v) is 6.71. The number of benzene rings is 1. The van der Waals surface area contributed by atoms with Gasteiger partial charge >= 0.3 is 0 Å². The van der Waals surface area contributed by atoms with Crippen LogP contribution in [-0.2, 0) is 6.54 Å². The highest BCUT2D eigenvalue weighted by atomic mass is 79.9. The molecule has 0 aliphatic heterocycles. The molecule has 0 spiro atoms. The van der Waals surface area contributed by atoms with E-state index in [-0.39, 0.29) is 5.82 Å². The molecule has 0 saturated heterocycles. The highest BCUT2D eigenvalue weighted by molar-refractivity contribution is 9.10. The van der Waals surface area contributed by atoms with Gasteiger partial charge in [-0.25, -0.2) is 9.07 Å². The average Bonchev–Trinajstić information content (AvgIpc) is 2.59. The van der Waals surface area contributed by atoms with Crippen LogP contribution in [0.2, 0.25) is 0 Å². The monoisotopic (exact) mass is 297 g/mol. The van der Waals surface area contributed by atoms with Gasteiger partial charge in [0.1, 0.15) is 11.3 Å². The Morgan fingerprint density at radius 1 is 1.41 bits per heavy atom. The molecule has 3 rings (SSSR count). The van der Waals surface area contributed by atoms with E-state index in [1.807, 2.05) is 4.68 Å². The molecule has 1 aliphatic carbocycles. The van der Waals surface area contributed by atoms with Gasteiger partial charge in [-0.3, -0.25) is 0 Å². The van der Waals surface area contributed by atoms with Gasteiger partial charge in [-0.1, -0.05) is 24.5 Å². The van der Waals surface area contributed by atoms with Crippen molar-refractivity contribution in [1.29, 1.82) is 0 Å². The summed E-state index contributed by atoms with van der Waals surface area (Å²) in [6.07, 6.45) is 5.12. The second-order valence-electron chi connectivity index (χ2n) is 4.65. The van der Waals surface area contributed by atoms with Crippen molar-refractivity contribution in [3.8, 4) is 0 Å². The Kier molecular flexibility index (Phi) is 2.86. The van der Waals surface area contributed by atoms with Crippen molar-refractivity contribution >= 4 is 27.0 Å². The lowest BCUT2D eigenvalue weighted by Gasteiger charge is -2.24. The molecule has 0 bridgehead atoms. The van der Waals surface area contributed by atoms with Crippen molar-refractivity contribution in [2.75, 3.05) is 0 Å². The first-order chi connectivity index (χ1) is 8.24. The van der Waals surface area contributed by atoms with Crippen molar-refractivity contribution in [1.82, 2.24) is 15.0 Å². The highest BCUT2D eigenvalue weighted by Crippen LogP contribution is 2.30. The number of hydrogen-bond donors (Lipinski definition) is 0. The van der Waals surface area contributed by atoms with Crippen LogP contribution in [0.1, 0.15) is 25.7 Å². The number of hydrogen-bond acceptors (Lipinski definition) is 2. The van der Waals surface area contributed by atoms with Crippen LogP contribution in [-0.4, -0.2) is 15.0 Å². The molecule has 90 valence electrons. The van der Waals surface area contributed by atoms with E-state index in [9.17, 15) is 4.39 Å². The minimum Gasteiger partial charge on any atom is -0.244 e. The third-order valence-corrected chi connectivity index (χ3v) is 4.12. The molecular weight excluding hydrogens is 285 g/mol. The molecular formula is C12H13BrFN3. The third kappa shape index (κ3) is 2.08. The van der Waals surface area contributed by atoms with Crippen molar-refractivity contribution in [3.63, 3.8) is 0 Å². The molecule has 1 aliphatic rings. The smallest absolute Gasteiger partial charge is 0.127 e. The normalized spacial score (nSPS) is 16.4. The summed E-state index contributed by atoms with van der Waals surface area (Å²) in [7, 11) is 0. The topological polar surface area (TPSA) is 30.7 Å². The lowest BCUT2D eigenvalue weighted by Crippen LogP contribution is -2.14. The molecule has 1 aromatic carbocycles. The lowest BCUT2D eigenvalue weighted by atomic mass is 9.83. The lowest BCUT2D eigenvalue weighted by molar-refractivity contribution is 0.278. The summed E-state index contributed by atoms with van der Waals surface area (Å²) < 4.78 is 15.8. The van der Waals surface area contributed by atoms with E-state index in [0.717, 1.165) is 29.9 Å². The van der Waals surface area contributed by atoms with Crippen molar-refractivity contribution in [2.45, 2.75) is 32.2 Å². The van der Waals surface area contributed by atoms with Crippen molar-refractivity contribution in [3.05, 3.63) is 22.4 Å². The Morgan fingerprint density at radius 2 is 2.24 bits per heavy atom. The molecule has 1 heterocycles. The summed E-state index contributed by atoms with van der Waals surface area (Å²) in [6.45, 7) is 0.830. The highest BCUT2D eigenvalue weighted by Gasteiger charge is 2.18. The van der Waals surface area contributed by atoms with E-state index < -0.39 is 0 Å². The minimum atomic E-state index is -0.253. The second-order valence-corrected chi connectivity index (χ2v) is 5.51. The van der Waals surface area contributed by atoms with Crippen LogP contribution in [0.15, 0.2) is 16.6 Å². The SMILES string of the molecule is Fc1cc(Br)c2nnn(CCC3CCC3)c2c1. The number of rotatable bonds is 3. The molecule has 0 N–H and O–H groups in total. The molecule has 0 atom stereocenters. The van der Waals surface area contributed by atoms with E-state index in [0.29, 0.717) is 4.47 Å². The van der Waals surface area contributed by atoms with Gasteiger partial charge in [-0.15, -0.1) is 5.10 Å². The van der Waals surface area contributed by atoms with Gasteiger partial charge in [0.05, 0.1) is 9.99 Å². The predicted molar refractivity (Wildman–Crippen MR) is 67.1 cm³/mol. The minimum absolute atomic E-state index is 0.253. The molecule has 2 aromatic rings. The Labute approximate surface area is 107 Å². The first-order valence-electron chi connectivity index (χ1n) is 5.92. The molecule has 1 saturated carbocycles. The zero-order valence-corrected chi connectivity index (χ0v) is 11.0. The summed E-state index contributed by atoms with van der Waals surface area (Å²) in [5.41, 5.74) is 1.51. The fourth-order valence-corrected chi connectivity index (χ4v) is 2.75. The summed E-state index contributed by atoms with van der Waals surface area (Å²) in [5.74, 6) is 0.572. The average molecular weight is 298 g/mol. The molecule has 0 radical (unpaired) electrons. The van der Waals surface area contributed by atoms with Crippen LogP contribution < -0.4 is 0 Å². The predicted octanol–water partition coefficient (Wildman–Crippen LogP) is 3.52. The second kappa shape index (κ2) is 4.37. The van der Waals surface area contributed by atoms with E-state index in [2.05, 4.69) is 26.2 Å². The molecule has 3 nitrogen and oxygen atoms in total. The fraction of sp³-hybridized carbons (Fsp3) is 0.500. The summed E-state index contributed by atoms with van der Waals surface area (Å²) in [4.78, 5) is 0. The number of nitrogens with zero attached hydrogens (tertiary/aromatic N) is 3. The first kappa shape index (κ1) is 11.1. The van der Waals surface area contributed by atoms with Gasteiger partial charge in [0, 0.05) is 12.6 Å². The third-order valence-electron chi connectivity index (χ3n) is 3.51. The van der Waals surface area contributed by atoms with Crippen LogP contribution in [0, 0.1) is 11.7 Å². The summed E-state index contributed by atoms with van der Waals surface area (Å²) >= 11 is 3.31. The maximum absolute atomic E-state index is 13.3. The van der Waals surface area contributed by atoms with Crippen molar-refractivity contribution in [2.24, 2.45) is 5.92 Å². The maximum atomic E-state index is 13.3. The number of halogens is 2. The number of fused-ring (bicyclic) bond motifs is 1. The van der Waals surface area contributed by atoms with E-state index >= 15 is 0 Å². The Balaban J connectivity index is 1.88. The maximum Gasteiger partial charge on any atom is 0.127 e. The molecule has 0 amide bonds. The van der Waals surface area contributed by atoms with Crippen LogP contribution in [0.4, 0.5) is 4.39 Å². The van der Waals surface area contributed by atoms with E-state index in [1.54, 1.807) is 0 Å². The van der Waals surface area contributed by atoms with E-state index in [4.69, 9.17) is 0 Å². The van der Waals surface area contributed by atoms with Gasteiger partial charge in [-0.2, -0.15) is 0 Å². The molecule has 0 unspecified atom stereocenters. The van der Waals surface area contributed by atoms with Gasteiger partial charge in [0.2, 0.25) is 0 Å². The van der Waals surface area contributed by atoms with Gasteiger partial charge in [-0.05, 0) is 34.3 Å². The molecule has 1 aromatic heterocycles. The van der Waals surface area contributed by atoms with Gasteiger partial charge < -0.3 is 0 Å². The quantitative estimate of drug-likeness (QED) is 0.868. The van der Waals surface area contributed by atoms with E-state index in [1.165, 1.54) is 31.4 Å². The van der Waals surface area contributed by atoms with Crippen molar-refractivity contribution < 1.29 is 4.39 Å². The molecule has 1 fully saturated rings. The Hall–Kier alpha value is -0.970. The fourth-order valence-electron chi connectivity index (χ4n) is 2.25. The van der Waals surface area contributed by atoms with Gasteiger partial charge in [0.15, 0.2) is 0 Å². The van der Waals surface area contributed by atoms with Crippen LogP contribution in [0.25, 0.3) is 11.0 Å². The van der Waals surface area contributed by atoms with Crippen LogP contribution in [0.3, 0.4) is 0 Å². The summed E-state index contributed by atoms with van der Waals surface area (Å²) in [5, 5.41) is 8.18. The number of aromatic nitrogens is 3. The standard InChI is InChI=1S/C12H13BrFN3/c13-10-6-9(14)7-11-12(10)15-16-17(11)5-4-8-2-1-3-8/h6-8H,1-5H2. The zero-order chi connectivity index (χ0) is 11.8.